The summed E-state index contributed by atoms with van der Waals surface area (Å²) in [6.07, 6.45) is 0.610. The van der Waals surface area contributed by atoms with Crippen LogP contribution in [0.1, 0.15) is 12.0 Å². The number of nitro groups is 1. The van der Waals surface area contributed by atoms with Gasteiger partial charge in [0.15, 0.2) is 9.84 Å². The van der Waals surface area contributed by atoms with Gasteiger partial charge in [-0.15, -0.1) is 0 Å². The first-order valence-electron chi connectivity index (χ1n) is 6.79. The summed E-state index contributed by atoms with van der Waals surface area (Å²) in [4.78, 5) is 12.7. The van der Waals surface area contributed by atoms with Gasteiger partial charge in [-0.2, -0.15) is 0 Å². The zero-order valence-electron chi connectivity index (χ0n) is 11.9. The fourth-order valence-electron chi connectivity index (χ4n) is 2.44. The predicted octanol–water partition coefficient (Wildman–Crippen LogP) is 1.26. The average Bonchev–Trinajstić information content (AvgIpc) is 2.60. The zero-order chi connectivity index (χ0) is 15.5. The molecular formula is C13H19N3O4S. The minimum absolute atomic E-state index is 0.0393. The number of nitrogens with zero attached hydrogens (tertiary/aromatic N) is 2. The van der Waals surface area contributed by atoms with E-state index < -0.39 is 14.8 Å². The lowest BCUT2D eigenvalue weighted by Crippen LogP contribution is -2.26. The van der Waals surface area contributed by atoms with Crippen molar-refractivity contribution in [2.45, 2.75) is 13.0 Å². The molecule has 116 valence electrons. The van der Waals surface area contributed by atoms with Gasteiger partial charge in [-0.25, -0.2) is 8.42 Å². The molecule has 1 saturated heterocycles. The Morgan fingerprint density at radius 2 is 2.10 bits per heavy atom. The molecule has 1 fully saturated rings. The number of hydrogen-bond donors (Lipinski definition) is 1. The molecule has 2 rings (SSSR count). The molecule has 21 heavy (non-hydrogen) atoms. The molecule has 1 aromatic rings. The maximum absolute atomic E-state index is 11.6. The lowest BCUT2D eigenvalue weighted by molar-refractivity contribution is -0.384. The lowest BCUT2D eigenvalue weighted by Gasteiger charge is -2.19. The Labute approximate surface area is 124 Å². The third kappa shape index (κ3) is 4.15. The second-order valence-corrected chi connectivity index (χ2v) is 7.44. The second-order valence-electron chi connectivity index (χ2n) is 5.14. The third-order valence-electron chi connectivity index (χ3n) is 3.58. The van der Waals surface area contributed by atoms with Crippen molar-refractivity contribution in [3.63, 3.8) is 0 Å². The van der Waals surface area contributed by atoms with E-state index in [1.807, 2.05) is 11.0 Å². The molecule has 0 radical (unpaired) electrons. The van der Waals surface area contributed by atoms with E-state index >= 15 is 0 Å². The number of rotatable bonds is 4. The van der Waals surface area contributed by atoms with E-state index in [2.05, 4.69) is 5.32 Å². The zero-order valence-corrected chi connectivity index (χ0v) is 12.7. The van der Waals surface area contributed by atoms with Crippen molar-refractivity contribution in [3.05, 3.63) is 33.9 Å². The van der Waals surface area contributed by atoms with Crippen molar-refractivity contribution in [2.75, 3.05) is 37.0 Å². The molecule has 0 bridgehead atoms. The number of nitro benzene ring substituents is 1. The van der Waals surface area contributed by atoms with E-state index in [-0.39, 0.29) is 17.2 Å². The number of benzene rings is 1. The summed E-state index contributed by atoms with van der Waals surface area (Å²) in [5.74, 6) is 0.381. The van der Waals surface area contributed by atoms with Gasteiger partial charge in [0.05, 0.1) is 16.4 Å². The van der Waals surface area contributed by atoms with Crippen molar-refractivity contribution in [2.24, 2.45) is 0 Å². The van der Waals surface area contributed by atoms with Crippen molar-refractivity contribution >= 4 is 21.2 Å². The number of sulfone groups is 1. The molecule has 0 amide bonds. The van der Waals surface area contributed by atoms with Gasteiger partial charge in [-0.1, -0.05) is 6.07 Å². The van der Waals surface area contributed by atoms with Crippen molar-refractivity contribution in [1.82, 2.24) is 4.90 Å². The topological polar surface area (TPSA) is 92.6 Å². The first-order chi connectivity index (χ1) is 9.91. The summed E-state index contributed by atoms with van der Waals surface area (Å²) in [6.45, 7) is 1.70. The third-order valence-corrected chi connectivity index (χ3v) is 5.30. The molecular weight excluding hydrogens is 294 g/mol. The van der Waals surface area contributed by atoms with Crippen LogP contribution in [0.4, 0.5) is 11.4 Å². The van der Waals surface area contributed by atoms with E-state index in [0.717, 1.165) is 5.56 Å². The first-order valence-corrected chi connectivity index (χ1v) is 8.61. The quantitative estimate of drug-likeness (QED) is 0.664. The summed E-state index contributed by atoms with van der Waals surface area (Å²) < 4.78 is 23.1. The second kappa shape index (κ2) is 6.40. The highest BCUT2D eigenvalue weighted by Crippen LogP contribution is 2.25. The van der Waals surface area contributed by atoms with Gasteiger partial charge >= 0.3 is 0 Å². The number of nitrogens with one attached hydrogen (secondary N) is 1. The predicted molar refractivity (Wildman–Crippen MR) is 81.2 cm³/mol. The van der Waals surface area contributed by atoms with E-state index in [1.165, 1.54) is 0 Å². The van der Waals surface area contributed by atoms with Gasteiger partial charge in [-0.3, -0.25) is 15.0 Å². The highest BCUT2D eigenvalue weighted by atomic mass is 32.2. The Balaban J connectivity index is 2.12. The van der Waals surface area contributed by atoms with Crippen LogP contribution in [0.15, 0.2) is 18.2 Å². The van der Waals surface area contributed by atoms with Gasteiger partial charge in [0.2, 0.25) is 0 Å². The summed E-state index contributed by atoms with van der Waals surface area (Å²) in [5.41, 5.74) is 1.33. The SMILES string of the molecule is CNc1ccc(CN2CCCS(=O)(=O)CC2)cc1[N+](=O)[O-]. The Morgan fingerprint density at radius 1 is 1.33 bits per heavy atom. The molecule has 1 heterocycles. The molecule has 0 aromatic heterocycles. The molecule has 0 unspecified atom stereocenters. The van der Waals surface area contributed by atoms with Gasteiger partial charge < -0.3 is 5.32 Å². The molecule has 1 N–H and O–H groups in total. The van der Waals surface area contributed by atoms with Crippen molar-refractivity contribution in [1.29, 1.82) is 0 Å². The lowest BCUT2D eigenvalue weighted by atomic mass is 10.1. The molecule has 0 saturated carbocycles. The van der Waals surface area contributed by atoms with Crippen molar-refractivity contribution < 1.29 is 13.3 Å². The smallest absolute Gasteiger partial charge is 0.292 e. The van der Waals surface area contributed by atoms with Crippen molar-refractivity contribution in [3.8, 4) is 0 Å². The van der Waals surface area contributed by atoms with Crippen LogP contribution in [0.2, 0.25) is 0 Å². The first kappa shape index (κ1) is 15.7. The fraction of sp³-hybridized carbons (Fsp3) is 0.538. The van der Waals surface area contributed by atoms with Crippen LogP contribution < -0.4 is 5.32 Å². The highest BCUT2D eigenvalue weighted by Gasteiger charge is 2.20. The molecule has 1 aliphatic heterocycles. The van der Waals surface area contributed by atoms with Gasteiger partial charge in [0, 0.05) is 26.2 Å². The van der Waals surface area contributed by atoms with Gasteiger partial charge in [0.25, 0.3) is 5.69 Å². The average molecular weight is 313 g/mol. The van der Waals surface area contributed by atoms with Crippen LogP contribution in [-0.2, 0) is 16.4 Å². The largest absolute Gasteiger partial charge is 0.383 e. The molecule has 1 aromatic carbocycles. The van der Waals surface area contributed by atoms with Crippen LogP contribution in [-0.4, -0.2) is 49.9 Å². The maximum atomic E-state index is 11.6. The Morgan fingerprint density at radius 3 is 2.76 bits per heavy atom. The minimum Gasteiger partial charge on any atom is -0.383 e. The summed E-state index contributed by atoms with van der Waals surface area (Å²) in [7, 11) is -1.30. The van der Waals surface area contributed by atoms with E-state index in [9.17, 15) is 18.5 Å². The number of hydrogen-bond acceptors (Lipinski definition) is 6. The summed E-state index contributed by atoms with van der Waals surface area (Å²) in [5, 5.41) is 13.8. The van der Waals surface area contributed by atoms with Crippen LogP contribution in [0.5, 0.6) is 0 Å². The van der Waals surface area contributed by atoms with Crippen LogP contribution in [0, 0.1) is 10.1 Å². The Hall–Kier alpha value is -1.67. The fourth-order valence-corrected chi connectivity index (χ4v) is 3.75. The monoisotopic (exact) mass is 313 g/mol. The number of anilines is 1. The van der Waals surface area contributed by atoms with Gasteiger partial charge in [-0.05, 0) is 24.6 Å². The van der Waals surface area contributed by atoms with E-state index in [4.69, 9.17) is 0 Å². The van der Waals surface area contributed by atoms with Crippen LogP contribution in [0.25, 0.3) is 0 Å². The Bertz CT molecular complexity index is 630. The van der Waals surface area contributed by atoms with Crippen LogP contribution in [0.3, 0.4) is 0 Å². The normalized spacial score (nSPS) is 18.9. The molecule has 8 heteroatoms. The molecule has 1 aliphatic rings. The van der Waals surface area contributed by atoms with E-state index in [0.29, 0.717) is 31.7 Å². The molecule has 0 atom stereocenters. The Kier molecular flexibility index (Phi) is 4.79. The minimum atomic E-state index is -2.94. The molecule has 0 spiro atoms. The standard InChI is InChI=1S/C13H19N3O4S/c1-14-12-4-3-11(9-13(12)16(17)18)10-15-5-2-7-21(19,20)8-6-15/h3-4,9,14H,2,5-8,10H2,1H3. The highest BCUT2D eigenvalue weighted by molar-refractivity contribution is 7.91. The van der Waals surface area contributed by atoms with E-state index in [1.54, 1.807) is 19.2 Å². The molecule has 0 aliphatic carbocycles. The van der Waals surface area contributed by atoms with Gasteiger partial charge in [0.1, 0.15) is 5.69 Å². The van der Waals surface area contributed by atoms with Crippen LogP contribution >= 0.6 is 0 Å². The summed E-state index contributed by atoms with van der Waals surface area (Å²) in [6, 6.07) is 5.06. The maximum Gasteiger partial charge on any atom is 0.292 e. The summed E-state index contributed by atoms with van der Waals surface area (Å²) >= 11 is 0. The molecule has 7 nitrogen and oxygen atoms in total.